The second-order valence-corrected chi connectivity index (χ2v) is 11.2. The molecular formula is C33H35N3O6S. The smallest absolute Gasteiger partial charge is 0.328 e. The number of nitrogens with one attached hydrogen (secondary N) is 1. The SMILES string of the molecule is O=C(CCCN1CCN(C(=O)c2ccccc2)CC1)NC1c2ccccc2CSc2ccccc21.O=C(O)/C=C\C(=O)O. The number of hydrogen-bond donors (Lipinski definition) is 3. The summed E-state index contributed by atoms with van der Waals surface area (Å²) in [5.74, 6) is -1.41. The monoisotopic (exact) mass is 601 g/mol. The molecule has 0 spiro atoms. The maximum absolute atomic E-state index is 13.0. The van der Waals surface area contributed by atoms with Crippen molar-refractivity contribution >= 4 is 35.5 Å². The molecule has 1 saturated heterocycles. The van der Waals surface area contributed by atoms with Gasteiger partial charge in [-0.15, -0.1) is 11.8 Å². The maximum atomic E-state index is 13.0. The normalized spacial score (nSPS) is 16.2. The number of carboxylic acid groups (broad SMARTS) is 2. The maximum Gasteiger partial charge on any atom is 0.328 e. The number of nitrogens with zero attached hydrogens (tertiary/aromatic N) is 2. The molecular weight excluding hydrogens is 566 g/mol. The first-order chi connectivity index (χ1) is 20.8. The Morgan fingerprint density at radius 2 is 1.40 bits per heavy atom. The minimum Gasteiger partial charge on any atom is -0.478 e. The summed E-state index contributed by atoms with van der Waals surface area (Å²) in [6, 6.07) is 26.2. The van der Waals surface area contributed by atoms with Gasteiger partial charge >= 0.3 is 11.9 Å². The third kappa shape index (κ3) is 9.29. The predicted molar refractivity (Wildman–Crippen MR) is 165 cm³/mol. The number of rotatable bonds is 8. The highest BCUT2D eigenvalue weighted by Gasteiger charge is 2.26. The van der Waals surface area contributed by atoms with Crippen molar-refractivity contribution in [2.75, 3.05) is 32.7 Å². The number of fused-ring (bicyclic) bond motifs is 2. The Bertz CT molecular complexity index is 1390. The van der Waals surface area contributed by atoms with Gasteiger partial charge in [0.15, 0.2) is 0 Å². The van der Waals surface area contributed by atoms with Gasteiger partial charge < -0.3 is 20.4 Å². The lowest BCUT2D eigenvalue weighted by molar-refractivity contribution is -0.134. The van der Waals surface area contributed by atoms with Crippen LogP contribution in [-0.4, -0.2) is 76.5 Å². The van der Waals surface area contributed by atoms with Crippen molar-refractivity contribution < 1.29 is 29.4 Å². The van der Waals surface area contributed by atoms with Crippen LogP contribution in [0.3, 0.4) is 0 Å². The topological polar surface area (TPSA) is 127 Å². The molecule has 3 aromatic carbocycles. The summed E-state index contributed by atoms with van der Waals surface area (Å²) in [6.45, 7) is 4.02. The van der Waals surface area contributed by atoms with E-state index in [0.29, 0.717) is 18.6 Å². The molecule has 1 unspecified atom stereocenters. The Balaban J connectivity index is 0.000000467. The van der Waals surface area contributed by atoms with E-state index in [1.165, 1.54) is 21.6 Å². The molecule has 224 valence electrons. The third-order valence-electron chi connectivity index (χ3n) is 7.21. The Morgan fingerprint density at radius 3 is 2.07 bits per heavy atom. The van der Waals surface area contributed by atoms with E-state index in [0.717, 1.165) is 50.5 Å². The Kier molecular flexibility index (Phi) is 11.5. The van der Waals surface area contributed by atoms with Gasteiger partial charge in [0, 0.05) is 61.0 Å². The van der Waals surface area contributed by atoms with Crippen molar-refractivity contribution in [1.29, 1.82) is 0 Å². The number of benzene rings is 3. The Labute approximate surface area is 255 Å². The fourth-order valence-corrected chi connectivity index (χ4v) is 6.15. The summed E-state index contributed by atoms with van der Waals surface area (Å²) < 4.78 is 0. The first-order valence-corrected chi connectivity index (χ1v) is 15.1. The van der Waals surface area contributed by atoms with E-state index in [1.54, 1.807) is 0 Å². The number of carbonyl (C=O) groups excluding carboxylic acids is 2. The molecule has 0 aromatic heterocycles. The minimum absolute atomic E-state index is 0.0874. The molecule has 0 saturated carbocycles. The standard InChI is InChI=1S/C29H31N3O2S.C4H4O4/c33-27(15-8-16-31-17-19-32(20-18-31)29(34)22-9-2-1-3-10-22)30-28-24-12-5-4-11-23(24)21-35-26-14-7-6-13-25(26)28;5-3(6)1-2-4(7)8/h1-7,9-14,28H,8,15-21H2,(H,30,33);1-2H,(H,5,6)(H,7,8)/b;2-1-. The zero-order valence-electron chi connectivity index (χ0n) is 23.7. The van der Waals surface area contributed by atoms with Gasteiger partial charge in [-0.05, 0) is 47.9 Å². The molecule has 9 nitrogen and oxygen atoms in total. The number of hydrogen-bond acceptors (Lipinski definition) is 6. The highest BCUT2D eigenvalue weighted by atomic mass is 32.2. The number of carboxylic acids is 2. The van der Waals surface area contributed by atoms with E-state index < -0.39 is 11.9 Å². The van der Waals surface area contributed by atoms with Gasteiger partial charge in [0.2, 0.25) is 5.91 Å². The molecule has 43 heavy (non-hydrogen) atoms. The van der Waals surface area contributed by atoms with Gasteiger partial charge in [-0.3, -0.25) is 14.5 Å². The van der Waals surface area contributed by atoms with Crippen molar-refractivity contribution in [3.8, 4) is 0 Å². The molecule has 0 aliphatic carbocycles. The molecule has 0 bridgehead atoms. The summed E-state index contributed by atoms with van der Waals surface area (Å²) in [4.78, 5) is 50.3. The van der Waals surface area contributed by atoms with Crippen molar-refractivity contribution in [2.45, 2.75) is 29.5 Å². The summed E-state index contributed by atoms with van der Waals surface area (Å²) in [5.41, 5.74) is 4.40. The fourth-order valence-electron chi connectivity index (χ4n) is 5.05. The summed E-state index contributed by atoms with van der Waals surface area (Å²) in [7, 11) is 0. The van der Waals surface area contributed by atoms with Crippen LogP contribution in [0.1, 0.15) is 45.9 Å². The van der Waals surface area contributed by atoms with Crippen molar-refractivity contribution in [1.82, 2.24) is 15.1 Å². The van der Waals surface area contributed by atoms with Gasteiger partial charge in [-0.25, -0.2) is 9.59 Å². The first kappa shape index (κ1) is 31.5. The van der Waals surface area contributed by atoms with Gasteiger partial charge in [0.25, 0.3) is 5.91 Å². The lowest BCUT2D eigenvalue weighted by Gasteiger charge is -2.34. The molecule has 3 aromatic rings. The van der Waals surface area contributed by atoms with Crippen LogP contribution >= 0.6 is 11.8 Å². The molecule has 2 aliphatic heterocycles. The Morgan fingerprint density at radius 1 is 0.791 bits per heavy atom. The Hall–Kier alpha value is -4.41. The largest absolute Gasteiger partial charge is 0.478 e. The lowest BCUT2D eigenvalue weighted by atomic mass is 9.95. The molecule has 3 N–H and O–H groups in total. The average Bonchev–Trinajstić information content (AvgIpc) is 3.18. The van der Waals surface area contributed by atoms with E-state index in [4.69, 9.17) is 10.2 Å². The number of piperazine rings is 1. The van der Waals surface area contributed by atoms with Crippen LogP contribution in [0.2, 0.25) is 0 Å². The summed E-state index contributed by atoms with van der Waals surface area (Å²) >= 11 is 1.83. The number of carbonyl (C=O) groups is 4. The van der Waals surface area contributed by atoms with Gasteiger partial charge in [0.1, 0.15) is 0 Å². The average molecular weight is 602 g/mol. The molecule has 2 amide bonds. The minimum atomic E-state index is -1.26. The van der Waals surface area contributed by atoms with Crippen molar-refractivity contribution in [3.63, 3.8) is 0 Å². The highest BCUT2D eigenvalue weighted by molar-refractivity contribution is 7.98. The van der Waals surface area contributed by atoms with Crippen molar-refractivity contribution in [3.05, 3.63) is 113 Å². The zero-order valence-corrected chi connectivity index (χ0v) is 24.5. The fraction of sp³-hybridized carbons (Fsp3) is 0.273. The zero-order chi connectivity index (χ0) is 30.6. The van der Waals surface area contributed by atoms with Crippen LogP contribution in [0.25, 0.3) is 0 Å². The third-order valence-corrected chi connectivity index (χ3v) is 8.35. The van der Waals surface area contributed by atoms with Crippen LogP contribution < -0.4 is 5.32 Å². The van der Waals surface area contributed by atoms with E-state index >= 15 is 0 Å². The van der Waals surface area contributed by atoms with E-state index in [1.807, 2.05) is 47.0 Å². The second-order valence-electron chi connectivity index (χ2n) is 10.1. The summed E-state index contributed by atoms with van der Waals surface area (Å²) in [5, 5.41) is 18.9. The van der Waals surface area contributed by atoms with Gasteiger partial charge in [-0.2, -0.15) is 0 Å². The predicted octanol–water partition coefficient (Wildman–Crippen LogP) is 4.45. The van der Waals surface area contributed by atoms with Crippen LogP contribution in [0.15, 0.2) is 95.9 Å². The molecule has 1 atom stereocenters. The number of aliphatic carboxylic acids is 2. The van der Waals surface area contributed by atoms with E-state index in [2.05, 4.69) is 58.7 Å². The molecule has 1 fully saturated rings. The molecule has 0 radical (unpaired) electrons. The number of amides is 2. The van der Waals surface area contributed by atoms with Crippen LogP contribution in [0.5, 0.6) is 0 Å². The molecule has 10 heteroatoms. The molecule has 2 heterocycles. The van der Waals surface area contributed by atoms with Crippen molar-refractivity contribution in [2.24, 2.45) is 0 Å². The van der Waals surface area contributed by atoms with Gasteiger partial charge in [0.05, 0.1) is 6.04 Å². The molecule has 5 rings (SSSR count). The van der Waals surface area contributed by atoms with Crippen LogP contribution in [-0.2, 0) is 20.1 Å². The van der Waals surface area contributed by atoms with Crippen LogP contribution in [0.4, 0.5) is 0 Å². The molecule has 2 aliphatic rings. The van der Waals surface area contributed by atoms with E-state index in [-0.39, 0.29) is 17.9 Å². The first-order valence-electron chi connectivity index (χ1n) is 14.1. The lowest BCUT2D eigenvalue weighted by Crippen LogP contribution is -2.48. The quantitative estimate of drug-likeness (QED) is 0.324. The van der Waals surface area contributed by atoms with Crippen LogP contribution in [0, 0.1) is 0 Å². The number of thioether (sulfide) groups is 1. The second kappa shape index (κ2) is 15.7. The van der Waals surface area contributed by atoms with E-state index in [9.17, 15) is 19.2 Å². The highest BCUT2D eigenvalue weighted by Crippen LogP contribution is 2.39. The summed E-state index contributed by atoms with van der Waals surface area (Å²) in [6.07, 6.45) is 2.42. The van der Waals surface area contributed by atoms with Gasteiger partial charge in [-0.1, -0.05) is 60.7 Å².